The highest BCUT2D eigenvalue weighted by molar-refractivity contribution is 5.61. The molecule has 3 fully saturated rings. The average molecular weight is 486 g/mol. The van der Waals surface area contributed by atoms with E-state index in [9.17, 15) is 4.79 Å². The highest BCUT2D eigenvalue weighted by Crippen LogP contribution is 2.67. The molecule has 0 aliphatic heterocycles. The maximum atomic E-state index is 12.9. The lowest BCUT2D eigenvalue weighted by molar-refractivity contribution is -0.108. The van der Waals surface area contributed by atoms with Crippen molar-refractivity contribution in [2.24, 2.45) is 46.3 Å². The first kappa shape index (κ1) is 27.1. The van der Waals surface area contributed by atoms with Crippen LogP contribution in [0.15, 0.2) is 11.6 Å². The van der Waals surface area contributed by atoms with Gasteiger partial charge in [-0.05, 0) is 119 Å². The molecule has 35 heavy (non-hydrogen) atoms. The number of rotatable bonds is 6. The molecule has 3 heteroatoms. The van der Waals surface area contributed by atoms with Gasteiger partial charge in [0.25, 0.3) is 0 Å². The Morgan fingerprint density at radius 1 is 1.06 bits per heavy atom. The minimum Gasteiger partial charge on any atom is -0.429 e. The number of fused-ring (bicyclic) bond motifs is 5. The van der Waals surface area contributed by atoms with E-state index in [1.165, 1.54) is 63.4 Å². The van der Waals surface area contributed by atoms with Gasteiger partial charge in [0.1, 0.15) is 11.7 Å². The molecule has 199 valence electrons. The van der Waals surface area contributed by atoms with Gasteiger partial charge in [0, 0.05) is 5.92 Å². The van der Waals surface area contributed by atoms with Crippen LogP contribution in [0.1, 0.15) is 120 Å². The topological polar surface area (TPSA) is 35.5 Å². The van der Waals surface area contributed by atoms with E-state index in [-0.39, 0.29) is 11.5 Å². The molecule has 1 radical (unpaired) electrons. The first-order valence-electron chi connectivity index (χ1n) is 14.8. The fourth-order valence-corrected chi connectivity index (χ4v) is 8.96. The molecule has 3 nitrogen and oxygen atoms in total. The SMILES string of the molecule is CC(C)CCCC(C)C1CCC2C3C(OC(=O)OC(C)(C)C)C=C4C[CH]CCC4(C)C3CCC12C. The monoisotopic (exact) mass is 485 g/mol. The van der Waals surface area contributed by atoms with Crippen LogP contribution in [-0.4, -0.2) is 17.9 Å². The van der Waals surface area contributed by atoms with Crippen molar-refractivity contribution >= 4 is 6.16 Å². The van der Waals surface area contributed by atoms with Crippen molar-refractivity contribution in [3.8, 4) is 0 Å². The van der Waals surface area contributed by atoms with E-state index in [1.54, 1.807) is 0 Å². The second-order valence-corrected chi connectivity index (χ2v) is 14.5. The molecule has 0 saturated heterocycles. The zero-order valence-electron chi connectivity index (χ0n) is 24.0. The summed E-state index contributed by atoms with van der Waals surface area (Å²) in [6, 6.07) is 0. The van der Waals surface area contributed by atoms with Crippen LogP contribution in [0.2, 0.25) is 0 Å². The molecule has 0 heterocycles. The molecule has 0 spiro atoms. The van der Waals surface area contributed by atoms with Crippen molar-refractivity contribution in [2.45, 2.75) is 131 Å². The van der Waals surface area contributed by atoms with E-state index in [0.29, 0.717) is 23.2 Å². The summed E-state index contributed by atoms with van der Waals surface area (Å²) in [6.07, 6.45) is 17.0. The van der Waals surface area contributed by atoms with Crippen LogP contribution >= 0.6 is 0 Å². The third-order valence-electron chi connectivity index (χ3n) is 10.7. The fraction of sp³-hybridized carbons (Fsp3) is 0.875. The molecule has 0 bridgehead atoms. The van der Waals surface area contributed by atoms with Crippen LogP contribution in [0, 0.1) is 52.8 Å². The van der Waals surface area contributed by atoms with Gasteiger partial charge in [0.05, 0.1) is 0 Å². The number of hydrogen-bond acceptors (Lipinski definition) is 3. The second-order valence-electron chi connectivity index (χ2n) is 14.5. The highest BCUT2D eigenvalue weighted by Gasteiger charge is 2.61. The van der Waals surface area contributed by atoms with E-state index in [4.69, 9.17) is 9.47 Å². The first-order chi connectivity index (χ1) is 16.3. The van der Waals surface area contributed by atoms with Crippen molar-refractivity contribution in [1.82, 2.24) is 0 Å². The number of carbonyl (C=O) groups is 1. The van der Waals surface area contributed by atoms with Gasteiger partial charge < -0.3 is 9.47 Å². The second kappa shape index (κ2) is 10.1. The Balaban J connectivity index is 1.60. The Hall–Kier alpha value is -0.990. The van der Waals surface area contributed by atoms with Crippen molar-refractivity contribution in [3.05, 3.63) is 18.1 Å². The molecule has 4 aliphatic rings. The Morgan fingerprint density at radius 3 is 2.49 bits per heavy atom. The van der Waals surface area contributed by atoms with Crippen molar-refractivity contribution in [2.75, 3.05) is 0 Å². The lowest BCUT2D eigenvalue weighted by atomic mass is 9.46. The number of ether oxygens (including phenoxy) is 2. The largest absolute Gasteiger partial charge is 0.509 e. The predicted octanol–water partition coefficient (Wildman–Crippen LogP) is 9.16. The molecular formula is C32H53O3. The van der Waals surface area contributed by atoms with E-state index < -0.39 is 11.8 Å². The van der Waals surface area contributed by atoms with Gasteiger partial charge >= 0.3 is 6.16 Å². The zero-order chi connectivity index (χ0) is 25.6. The third-order valence-corrected chi connectivity index (χ3v) is 10.7. The van der Waals surface area contributed by atoms with Crippen molar-refractivity contribution in [3.63, 3.8) is 0 Å². The van der Waals surface area contributed by atoms with Gasteiger partial charge in [0.2, 0.25) is 0 Å². The van der Waals surface area contributed by atoms with E-state index >= 15 is 0 Å². The minimum absolute atomic E-state index is 0.149. The van der Waals surface area contributed by atoms with Gasteiger partial charge in [-0.15, -0.1) is 0 Å². The molecule has 4 aliphatic carbocycles. The molecule has 0 N–H and O–H groups in total. The normalized spacial score (nSPS) is 39.8. The summed E-state index contributed by atoms with van der Waals surface area (Å²) in [5, 5.41) is 0. The van der Waals surface area contributed by atoms with Gasteiger partial charge in [-0.1, -0.05) is 59.5 Å². The van der Waals surface area contributed by atoms with Crippen LogP contribution in [0.25, 0.3) is 0 Å². The number of hydrogen-bond donors (Lipinski definition) is 0. The summed E-state index contributed by atoms with van der Waals surface area (Å²) >= 11 is 0. The molecule has 0 aromatic carbocycles. The van der Waals surface area contributed by atoms with Crippen LogP contribution in [0.3, 0.4) is 0 Å². The quantitative estimate of drug-likeness (QED) is 0.278. The van der Waals surface area contributed by atoms with Crippen LogP contribution in [0.4, 0.5) is 4.79 Å². The summed E-state index contributed by atoms with van der Waals surface area (Å²) in [4.78, 5) is 12.9. The Bertz CT molecular complexity index is 791. The predicted molar refractivity (Wildman–Crippen MR) is 144 cm³/mol. The fourth-order valence-electron chi connectivity index (χ4n) is 8.96. The Morgan fingerprint density at radius 2 is 1.80 bits per heavy atom. The summed E-state index contributed by atoms with van der Waals surface area (Å²) < 4.78 is 11.9. The number of allylic oxidation sites excluding steroid dienone is 1. The molecule has 0 amide bonds. The molecule has 0 aromatic rings. The van der Waals surface area contributed by atoms with E-state index in [0.717, 1.165) is 24.2 Å². The van der Waals surface area contributed by atoms with E-state index in [2.05, 4.69) is 47.1 Å². The first-order valence-corrected chi connectivity index (χ1v) is 14.8. The molecule has 3 saturated carbocycles. The maximum Gasteiger partial charge on any atom is 0.509 e. The van der Waals surface area contributed by atoms with Crippen molar-refractivity contribution in [1.29, 1.82) is 0 Å². The molecular weight excluding hydrogens is 432 g/mol. The van der Waals surface area contributed by atoms with Crippen LogP contribution in [-0.2, 0) is 9.47 Å². The van der Waals surface area contributed by atoms with E-state index in [1.807, 2.05) is 20.8 Å². The summed E-state index contributed by atoms with van der Waals surface area (Å²) in [5.74, 6) is 4.03. The van der Waals surface area contributed by atoms with Gasteiger partial charge in [-0.25, -0.2) is 4.79 Å². The number of carbonyl (C=O) groups excluding carboxylic acids is 1. The molecule has 8 atom stereocenters. The lowest BCUT2D eigenvalue weighted by Gasteiger charge is -2.59. The van der Waals surface area contributed by atoms with Gasteiger partial charge in [0.15, 0.2) is 0 Å². The zero-order valence-corrected chi connectivity index (χ0v) is 24.0. The minimum atomic E-state index is -0.531. The molecule has 0 aromatic heterocycles. The third kappa shape index (κ3) is 5.35. The van der Waals surface area contributed by atoms with Gasteiger partial charge in [-0.2, -0.15) is 0 Å². The van der Waals surface area contributed by atoms with Crippen molar-refractivity contribution < 1.29 is 14.3 Å². The summed E-state index contributed by atoms with van der Waals surface area (Å²) in [6.45, 7) is 18.1. The molecule has 4 rings (SSSR count). The summed E-state index contributed by atoms with van der Waals surface area (Å²) in [5.41, 5.74) is 1.60. The maximum absolute atomic E-state index is 12.9. The Labute approximate surface area is 216 Å². The molecule has 8 unspecified atom stereocenters. The van der Waals surface area contributed by atoms with Crippen LogP contribution in [0.5, 0.6) is 0 Å². The smallest absolute Gasteiger partial charge is 0.429 e. The average Bonchev–Trinajstić information content (AvgIpc) is 3.09. The Kier molecular flexibility index (Phi) is 7.77. The van der Waals surface area contributed by atoms with Crippen LogP contribution < -0.4 is 0 Å². The lowest BCUT2D eigenvalue weighted by Crippen LogP contribution is -2.55. The van der Waals surface area contributed by atoms with Gasteiger partial charge in [-0.3, -0.25) is 0 Å². The highest BCUT2D eigenvalue weighted by atomic mass is 16.7. The summed E-state index contributed by atoms with van der Waals surface area (Å²) in [7, 11) is 0. The standard InChI is InChI=1S/C32H53O3/c1-21(2)12-11-13-22(3)24-15-16-25-28-26(17-19-32(24,25)8)31(7)18-10-9-14-23(31)20-27(28)34-29(33)35-30(4,5)6/h9,20-22,24-28H,10-19H2,1-8H3.